The molecule has 16 heavy (non-hydrogen) atoms. The van der Waals surface area contributed by atoms with Gasteiger partial charge in [0.1, 0.15) is 12.1 Å². The SMILES string of the molecule is OCc1ccc(Oc2cc(F)ncn2)cc1. The van der Waals surface area contributed by atoms with Gasteiger partial charge in [0.15, 0.2) is 0 Å². The molecule has 1 aromatic carbocycles. The minimum atomic E-state index is -0.642. The molecule has 4 nitrogen and oxygen atoms in total. The first kappa shape index (κ1) is 10.5. The van der Waals surface area contributed by atoms with E-state index in [1.807, 2.05) is 0 Å². The van der Waals surface area contributed by atoms with Crippen LogP contribution in [-0.2, 0) is 6.61 Å². The van der Waals surface area contributed by atoms with E-state index in [0.29, 0.717) is 5.75 Å². The van der Waals surface area contributed by atoms with Gasteiger partial charge >= 0.3 is 0 Å². The van der Waals surface area contributed by atoms with Crippen molar-refractivity contribution in [2.75, 3.05) is 0 Å². The Morgan fingerprint density at radius 3 is 2.56 bits per heavy atom. The number of aromatic nitrogens is 2. The van der Waals surface area contributed by atoms with E-state index in [1.54, 1.807) is 24.3 Å². The van der Waals surface area contributed by atoms with Gasteiger partial charge in [0.25, 0.3) is 0 Å². The molecule has 0 aliphatic carbocycles. The summed E-state index contributed by atoms with van der Waals surface area (Å²) >= 11 is 0. The highest BCUT2D eigenvalue weighted by atomic mass is 19.1. The lowest BCUT2D eigenvalue weighted by Gasteiger charge is -2.04. The van der Waals surface area contributed by atoms with Crippen molar-refractivity contribution in [3.05, 3.63) is 48.2 Å². The zero-order valence-corrected chi connectivity index (χ0v) is 8.30. The molecule has 0 unspecified atom stereocenters. The van der Waals surface area contributed by atoms with E-state index in [-0.39, 0.29) is 12.5 Å². The van der Waals surface area contributed by atoms with Crippen molar-refractivity contribution in [2.24, 2.45) is 0 Å². The molecule has 2 rings (SSSR count). The van der Waals surface area contributed by atoms with Crippen LogP contribution in [0.25, 0.3) is 0 Å². The van der Waals surface area contributed by atoms with Crippen molar-refractivity contribution in [1.29, 1.82) is 0 Å². The van der Waals surface area contributed by atoms with Crippen LogP contribution in [-0.4, -0.2) is 15.1 Å². The van der Waals surface area contributed by atoms with Crippen LogP contribution in [0, 0.1) is 5.95 Å². The van der Waals surface area contributed by atoms with Crippen molar-refractivity contribution in [3.63, 3.8) is 0 Å². The topological polar surface area (TPSA) is 55.2 Å². The van der Waals surface area contributed by atoms with E-state index in [0.717, 1.165) is 18.0 Å². The predicted octanol–water partition coefficient (Wildman–Crippen LogP) is 1.90. The average Bonchev–Trinajstić information content (AvgIpc) is 2.30. The first-order valence-electron chi connectivity index (χ1n) is 4.63. The number of aliphatic hydroxyl groups is 1. The third-order valence-corrected chi connectivity index (χ3v) is 1.94. The summed E-state index contributed by atoms with van der Waals surface area (Å²) in [4.78, 5) is 7.07. The lowest BCUT2D eigenvalue weighted by molar-refractivity contribution is 0.281. The summed E-state index contributed by atoms with van der Waals surface area (Å²) in [6.07, 6.45) is 1.09. The van der Waals surface area contributed by atoms with E-state index in [1.165, 1.54) is 0 Å². The Kier molecular flexibility index (Phi) is 3.07. The summed E-state index contributed by atoms with van der Waals surface area (Å²) in [5.74, 6) is 0.0246. The van der Waals surface area contributed by atoms with Crippen LogP contribution >= 0.6 is 0 Å². The molecule has 0 radical (unpaired) electrons. The zero-order chi connectivity index (χ0) is 11.4. The van der Waals surface area contributed by atoms with Crippen LogP contribution < -0.4 is 4.74 Å². The fraction of sp³-hybridized carbons (Fsp3) is 0.0909. The molecule has 0 aliphatic heterocycles. The number of rotatable bonds is 3. The zero-order valence-electron chi connectivity index (χ0n) is 8.30. The van der Waals surface area contributed by atoms with Gasteiger partial charge in [-0.2, -0.15) is 4.39 Å². The smallest absolute Gasteiger partial charge is 0.225 e. The molecule has 5 heteroatoms. The highest BCUT2D eigenvalue weighted by Gasteiger charge is 2.00. The molecule has 0 atom stereocenters. The number of benzene rings is 1. The summed E-state index contributed by atoms with van der Waals surface area (Å²) in [6, 6.07) is 7.87. The van der Waals surface area contributed by atoms with Gasteiger partial charge in [0, 0.05) is 0 Å². The number of hydrogen-bond donors (Lipinski definition) is 1. The Balaban J connectivity index is 2.14. The molecule has 0 spiro atoms. The maximum absolute atomic E-state index is 12.7. The summed E-state index contributed by atoms with van der Waals surface area (Å²) in [6.45, 7) is -0.0254. The summed E-state index contributed by atoms with van der Waals surface area (Å²) in [7, 11) is 0. The number of nitrogens with zero attached hydrogens (tertiary/aromatic N) is 2. The van der Waals surface area contributed by atoms with Gasteiger partial charge in [-0.3, -0.25) is 0 Å². The lowest BCUT2D eigenvalue weighted by atomic mass is 10.2. The fourth-order valence-electron chi connectivity index (χ4n) is 1.16. The lowest BCUT2D eigenvalue weighted by Crippen LogP contribution is -1.91. The van der Waals surface area contributed by atoms with E-state index in [4.69, 9.17) is 9.84 Å². The number of hydrogen-bond acceptors (Lipinski definition) is 4. The van der Waals surface area contributed by atoms with Gasteiger partial charge in [0.05, 0.1) is 12.7 Å². The van der Waals surface area contributed by atoms with Gasteiger partial charge in [-0.05, 0) is 17.7 Å². The van der Waals surface area contributed by atoms with Crippen LogP contribution in [0.5, 0.6) is 11.6 Å². The van der Waals surface area contributed by atoms with E-state index in [9.17, 15) is 4.39 Å². The molecule has 0 saturated heterocycles. The van der Waals surface area contributed by atoms with Crippen LogP contribution in [0.1, 0.15) is 5.56 Å². The largest absolute Gasteiger partial charge is 0.439 e. The van der Waals surface area contributed by atoms with E-state index < -0.39 is 5.95 Å². The standard InChI is InChI=1S/C11H9FN2O2/c12-10-5-11(14-7-13-10)16-9-3-1-8(6-15)2-4-9/h1-5,7,15H,6H2. The molecule has 0 fully saturated rings. The van der Waals surface area contributed by atoms with E-state index in [2.05, 4.69) is 9.97 Å². The van der Waals surface area contributed by atoms with Crippen LogP contribution in [0.2, 0.25) is 0 Å². The van der Waals surface area contributed by atoms with Gasteiger partial charge in [-0.25, -0.2) is 9.97 Å². The minimum Gasteiger partial charge on any atom is -0.439 e. The van der Waals surface area contributed by atoms with Gasteiger partial charge < -0.3 is 9.84 Å². The predicted molar refractivity (Wildman–Crippen MR) is 54.4 cm³/mol. The normalized spacial score (nSPS) is 10.1. The molecule has 1 heterocycles. The molecule has 0 bridgehead atoms. The fourth-order valence-corrected chi connectivity index (χ4v) is 1.16. The number of aliphatic hydroxyl groups excluding tert-OH is 1. The molecule has 1 aromatic heterocycles. The Morgan fingerprint density at radius 2 is 1.94 bits per heavy atom. The second kappa shape index (κ2) is 4.67. The first-order chi connectivity index (χ1) is 7.78. The molecule has 0 aliphatic rings. The van der Waals surface area contributed by atoms with Crippen molar-refractivity contribution in [2.45, 2.75) is 6.61 Å². The molecule has 0 amide bonds. The summed E-state index contributed by atoms with van der Waals surface area (Å²) < 4.78 is 18.0. The molecule has 2 aromatic rings. The maximum atomic E-state index is 12.7. The quantitative estimate of drug-likeness (QED) is 0.802. The second-order valence-corrected chi connectivity index (χ2v) is 3.08. The van der Waals surface area contributed by atoms with Crippen LogP contribution in [0.15, 0.2) is 36.7 Å². The monoisotopic (exact) mass is 220 g/mol. The summed E-state index contributed by atoms with van der Waals surface area (Å²) in [5.41, 5.74) is 0.779. The van der Waals surface area contributed by atoms with Crippen molar-refractivity contribution < 1.29 is 14.2 Å². The van der Waals surface area contributed by atoms with Gasteiger partial charge in [-0.1, -0.05) is 12.1 Å². The van der Waals surface area contributed by atoms with Gasteiger partial charge in [0.2, 0.25) is 11.8 Å². The Hall–Kier alpha value is -2.01. The summed E-state index contributed by atoms with van der Waals surface area (Å²) in [5, 5.41) is 8.84. The average molecular weight is 220 g/mol. The maximum Gasteiger partial charge on any atom is 0.225 e. The Labute approximate surface area is 91.4 Å². The highest BCUT2D eigenvalue weighted by molar-refractivity contribution is 5.29. The molecule has 82 valence electrons. The first-order valence-corrected chi connectivity index (χ1v) is 4.63. The van der Waals surface area contributed by atoms with E-state index >= 15 is 0 Å². The van der Waals surface area contributed by atoms with Crippen molar-refractivity contribution in [1.82, 2.24) is 9.97 Å². The molecule has 0 saturated carbocycles. The van der Waals surface area contributed by atoms with Gasteiger partial charge in [-0.15, -0.1) is 0 Å². The number of halogens is 1. The molecule has 1 N–H and O–H groups in total. The Bertz CT molecular complexity index is 474. The second-order valence-electron chi connectivity index (χ2n) is 3.08. The Morgan fingerprint density at radius 1 is 1.19 bits per heavy atom. The molecular formula is C11H9FN2O2. The van der Waals surface area contributed by atoms with Crippen molar-refractivity contribution >= 4 is 0 Å². The van der Waals surface area contributed by atoms with Crippen molar-refractivity contribution in [3.8, 4) is 11.6 Å². The molecular weight excluding hydrogens is 211 g/mol. The third kappa shape index (κ3) is 2.52. The minimum absolute atomic E-state index is 0.0254. The van der Waals surface area contributed by atoms with Crippen LogP contribution in [0.3, 0.4) is 0 Å². The number of ether oxygens (including phenoxy) is 1. The highest BCUT2D eigenvalue weighted by Crippen LogP contribution is 2.19. The van der Waals surface area contributed by atoms with Crippen LogP contribution in [0.4, 0.5) is 4.39 Å². The third-order valence-electron chi connectivity index (χ3n) is 1.94.